The fourth-order valence-corrected chi connectivity index (χ4v) is 1.85. The first-order valence-electron chi connectivity index (χ1n) is 5.19. The van der Waals surface area contributed by atoms with Crippen LogP contribution in [-0.2, 0) is 4.74 Å². The minimum absolute atomic E-state index is 0.346. The van der Waals surface area contributed by atoms with E-state index in [9.17, 15) is 4.79 Å². The third-order valence-electron chi connectivity index (χ3n) is 2.39. The molecule has 5 heteroatoms. The molecule has 0 radical (unpaired) electrons. The first kappa shape index (κ1) is 11.8. The van der Waals surface area contributed by atoms with Gasteiger partial charge in [-0.3, -0.25) is 0 Å². The van der Waals surface area contributed by atoms with Gasteiger partial charge in [-0.2, -0.15) is 0 Å². The number of nitrogens with one attached hydrogen (secondary N) is 1. The fourth-order valence-electron chi connectivity index (χ4n) is 1.61. The number of ether oxygens (including phenoxy) is 2. The second-order valence-electron chi connectivity index (χ2n) is 3.48. The van der Waals surface area contributed by atoms with Gasteiger partial charge in [-0.1, -0.05) is 11.6 Å². The van der Waals surface area contributed by atoms with E-state index in [1.54, 1.807) is 32.2 Å². The Hall–Kier alpha value is -1.68. The average Bonchev–Trinajstić information content (AvgIpc) is 2.71. The molecule has 0 bridgehead atoms. The van der Waals surface area contributed by atoms with Gasteiger partial charge in [0.05, 0.1) is 18.7 Å². The van der Waals surface area contributed by atoms with E-state index in [1.807, 2.05) is 0 Å². The van der Waals surface area contributed by atoms with Crippen LogP contribution in [0.5, 0.6) is 5.75 Å². The van der Waals surface area contributed by atoms with Gasteiger partial charge < -0.3 is 14.5 Å². The number of halogens is 1. The number of methoxy groups -OCH3 is 1. The summed E-state index contributed by atoms with van der Waals surface area (Å²) < 4.78 is 10.0. The summed E-state index contributed by atoms with van der Waals surface area (Å²) in [6.45, 7) is 2.11. The molecular weight excluding hydrogens is 242 g/mol. The minimum atomic E-state index is -0.376. The Bertz CT molecular complexity index is 562. The number of carbonyl (C=O) groups is 1. The summed E-state index contributed by atoms with van der Waals surface area (Å²) in [6.07, 6.45) is 0. The maximum Gasteiger partial charge on any atom is 0.354 e. The second-order valence-corrected chi connectivity index (χ2v) is 3.88. The van der Waals surface area contributed by atoms with Crippen LogP contribution in [-0.4, -0.2) is 24.7 Å². The van der Waals surface area contributed by atoms with Crippen LogP contribution in [0.3, 0.4) is 0 Å². The van der Waals surface area contributed by atoms with Crippen molar-refractivity contribution in [2.24, 2.45) is 0 Å². The maximum absolute atomic E-state index is 11.5. The van der Waals surface area contributed by atoms with E-state index in [0.29, 0.717) is 23.1 Å². The van der Waals surface area contributed by atoms with Crippen molar-refractivity contribution in [1.82, 2.24) is 4.98 Å². The van der Waals surface area contributed by atoms with E-state index in [2.05, 4.69) is 4.98 Å². The summed E-state index contributed by atoms with van der Waals surface area (Å²) in [5.41, 5.74) is 1.19. The predicted octanol–water partition coefficient (Wildman–Crippen LogP) is 3.01. The van der Waals surface area contributed by atoms with Gasteiger partial charge in [-0.25, -0.2) is 4.79 Å². The van der Waals surface area contributed by atoms with Gasteiger partial charge in [-0.05, 0) is 25.1 Å². The number of carbonyl (C=O) groups excluding carboxylic acids is 1. The summed E-state index contributed by atoms with van der Waals surface area (Å²) in [6, 6.07) is 5.21. The molecule has 0 saturated carbocycles. The van der Waals surface area contributed by atoms with Crippen LogP contribution in [0.4, 0.5) is 0 Å². The van der Waals surface area contributed by atoms with E-state index in [0.717, 1.165) is 10.9 Å². The molecule has 0 aliphatic rings. The van der Waals surface area contributed by atoms with Gasteiger partial charge in [0.2, 0.25) is 0 Å². The molecule has 4 nitrogen and oxygen atoms in total. The van der Waals surface area contributed by atoms with Crippen LogP contribution in [0.25, 0.3) is 10.9 Å². The van der Waals surface area contributed by atoms with Gasteiger partial charge in [0.15, 0.2) is 0 Å². The normalized spacial score (nSPS) is 10.5. The van der Waals surface area contributed by atoms with E-state index in [1.165, 1.54) is 0 Å². The second kappa shape index (κ2) is 4.67. The standard InChI is InChI=1S/C12H12ClNO3/c1-3-17-12(15)10-4-7-5-11(16-2)8(13)6-9(7)14-10/h4-6,14H,3H2,1-2H3. The molecule has 0 atom stereocenters. The first-order valence-corrected chi connectivity index (χ1v) is 5.57. The van der Waals surface area contributed by atoms with Gasteiger partial charge in [-0.15, -0.1) is 0 Å². The van der Waals surface area contributed by atoms with Crippen molar-refractivity contribution < 1.29 is 14.3 Å². The molecule has 2 aromatic rings. The van der Waals surface area contributed by atoms with Crippen molar-refractivity contribution in [2.75, 3.05) is 13.7 Å². The van der Waals surface area contributed by atoms with E-state index < -0.39 is 0 Å². The minimum Gasteiger partial charge on any atom is -0.495 e. The van der Waals surface area contributed by atoms with Crippen molar-refractivity contribution in [3.05, 3.63) is 28.9 Å². The van der Waals surface area contributed by atoms with E-state index in [-0.39, 0.29) is 5.97 Å². The molecule has 0 fully saturated rings. The van der Waals surface area contributed by atoms with E-state index in [4.69, 9.17) is 21.1 Å². The number of hydrogen-bond acceptors (Lipinski definition) is 3. The van der Waals surface area contributed by atoms with Gasteiger partial charge >= 0.3 is 5.97 Å². The van der Waals surface area contributed by atoms with Crippen molar-refractivity contribution in [3.8, 4) is 5.75 Å². The summed E-state index contributed by atoms with van der Waals surface area (Å²) in [5, 5.41) is 1.35. The van der Waals surface area contributed by atoms with E-state index >= 15 is 0 Å². The summed E-state index contributed by atoms with van der Waals surface area (Å²) in [7, 11) is 1.55. The topological polar surface area (TPSA) is 51.3 Å². The monoisotopic (exact) mass is 253 g/mol. The molecule has 0 spiro atoms. The Morgan fingerprint density at radius 3 is 2.82 bits per heavy atom. The third kappa shape index (κ3) is 2.22. The highest BCUT2D eigenvalue weighted by Gasteiger charge is 2.12. The Morgan fingerprint density at radius 1 is 1.41 bits per heavy atom. The Labute approximate surface area is 103 Å². The SMILES string of the molecule is CCOC(=O)c1cc2cc(OC)c(Cl)cc2[nH]1. The summed E-state index contributed by atoms with van der Waals surface area (Å²) in [4.78, 5) is 14.5. The van der Waals surface area contributed by atoms with Gasteiger partial charge in [0, 0.05) is 10.9 Å². The number of benzene rings is 1. The lowest BCUT2D eigenvalue weighted by Gasteiger charge is -2.01. The Kier molecular flexibility index (Phi) is 3.24. The molecular formula is C12H12ClNO3. The zero-order valence-electron chi connectivity index (χ0n) is 9.54. The number of H-pyrrole nitrogens is 1. The lowest BCUT2D eigenvalue weighted by molar-refractivity contribution is 0.0520. The Balaban J connectivity index is 2.47. The highest BCUT2D eigenvalue weighted by atomic mass is 35.5. The van der Waals surface area contributed by atoms with Gasteiger partial charge in [0.25, 0.3) is 0 Å². The zero-order chi connectivity index (χ0) is 12.4. The number of esters is 1. The number of hydrogen-bond donors (Lipinski definition) is 1. The van der Waals surface area contributed by atoms with Crippen molar-refractivity contribution in [3.63, 3.8) is 0 Å². The highest BCUT2D eigenvalue weighted by Crippen LogP contribution is 2.30. The van der Waals surface area contributed by atoms with Crippen LogP contribution >= 0.6 is 11.6 Å². The molecule has 17 heavy (non-hydrogen) atoms. The molecule has 1 N–H and O–H groups in total. The van der Waals surface area contributed by atoms with Crippen molar-refractivity contribution in [2.45, 2.75) is 6.92 Å². The molecule has 0 saturated heterocycles. The summed E-state index contributed by atoms with van der Waals surface area (Å²) in [5.74, 6) is 0.201. The van der Waals surface area contributed by atoms with Gasteiger partial charge in [0.1, 0.15) is 11.4 Å². The van der Waals surface area contributed by atoms with Crippen molar-refractivity contribution >= 4 is 28.5 Å². The average molecular weight is 254 g/mol. The Morgan fingerprint density at radius 2 is 2.18 bits per heavy atom. The highest BCUT2D eigenvalue weighted by molar-refractivity contribution is 6.32. The fraction of sp³-hybridized carbons (Fsp3) is 0.250. The molecule has 0 amide bonds. The molecule has 0 unspecified atom stereocenters. The van der Waals surface area contributed by atoms with Crippen LogP contribution in [0.1, 0.15) is 17.4 Å². The first-order chi connectivity index (χ1) is 8.15. The van der Waals surface area contributed by atoms with Crippen LogP contribution < -0.4 is 4.74 Å². The lowest BCUT2D eigenvalue weighted by Crippen LogP contribution is -2.04. The van der Waals surface area contributed by atoms with Crippen LogP contribution in [0, 0.1) is 0 Å². The molecule has 90 valence electrons. The number of rotatable bonds is 3. The molecule has 1 aromatic carbocycles. The van der Waals surface area contributed by atoms with Crippen LogP contribution in [0.2, 0.25) is 5.02 Å². The van der Waals surface area contributed by atoms with Crippen LogP contribution in [0.15, 0.2) is 18.2 Å². The smallest absolute Gasteiger partial charge is 0.354 e. The molecule has 1 aromatic heterocycles. The number of aromatic amines is 1. The molecule has 0 aliphatic carbocycles. The molecule has 2 rings (SSSR count). The van der Waals surface area contributed by atoms with Crippen molar-refractivity contribution in [1.29, 1.82) is 0 Å². The lowest BCUT2D eigenvalue weighted by atomic mass is 10.2. The molecule has 1 heterocycles. The number of fused-ring (bicyclic) bond motifs is 1. The zero-order valence-corrected chi connectivity index (χ0v) is 10.3. The quantitative estimate of drug-likeness (QED) is 0.856. The maximum atomic E-state index is 11.5. The number of aromatic nitrogens is 1. The largest absolute Gasteiger partial charge is 0.495 e. The summed E-state index contributed by atoms with van der Waals surface area (Å²) >= 11 is 5.99. The molecule has 0 aliphatic heterocycles. The predicted molar refractivity (Wildman–Crippen MR) is 65.8 cm³/mol. The third-order valence-corrected chi connectivity index (χ3v) is 2.68.